The van der Waals surface area contributed by atoms with E-state index in [9.17, 15) is 4.79 Å². The first-order valence-corrected chi connectivity index (χ1v) is 6.11. The molecule has 1 amide bonds. The van der Waals surface area contributed by atoms with Gasteiger partial charge in [0.2, 0.25) is 5.91 Å². The molecule has 19 heavy (non-hydrogen) atoms. The molecule has 2 N–H and O–H groups in total. The van der Waals surface area contributed by atoms with E-state index in [2.05, 4.69) is 10.4 Å². The summed E-state index contributed by atoms with van der Waals surface area (Å²) in [5.74, 6) is -0.386. The molecule has 0 unspecified atom stereocenters. The summed E-state index contributed by atoms with van der Waals surface area (Å²) in [6, 6.07) is 9.79. The van der Waals surface area contributed by atoms with Crippen LogP contribution < -0.4 is 5.32 Å². The molecule has 0 saturated carbocycles. The average Bonchev–Trinajstić information content (AvgIpc) is 2.78. The van der Waals surface area contributed by atoms with Gasteiger partial charge in [-0.1, -0.05) is 30.3 Å². The quantitative estimate of drug-likeness (QED) is 0.863. The van der Waals surface area contributed by atoms with Gasteiger partial charge >= 0.3 is 0 Å². The summed E-state index contributed by atoms with van der Waals surface area (Å²) in [6.07, 6.45) is 0.863. The van der Waals surface area contributed by atoms with Crippen molar-refractivity contribution in [1.82, 2.24) is 15.1 Å². The molecule has 0 aliphatic rings. The fourth-order valence-corrected chi connectivity index (χ4v) is 1.84. The first kappa shape index (κ1) is 13.3. The predicted molar refractivity (Wildman–Crippen MR) is 72.2 cm³/mol. The molecular weight excluding hydrogens is 242 g/mol. The Balaban J connectivity index is 2.20. The van der Waals surface area contributed by atoms with Crippen LogP contribution in [0, 0.1) is 0 Å². The van der Waals surface area contributed by atoms with Crippen molar-refractivity contribution in [2.45, 2.75) is 19.6 Å². The van der Waals surface area contributed by atoms with Crippen molar-refractivity contribution in [3.8, 4) is 11.3 Å². The number of carbonyl (C=O) groups excluding carboxylic acids is 1. The van der Waals surface area contributed by atoms with Gasteiger partial charge in [-0.05, 0) is 6.92 Å². The number of hydrogen-bond donors (Lipinski definition) is 2. The summed E-state index contributed by atoms with van der Waals surface area (Å²) in [7, 11) is 1.84. The number of rotatable bonds is 4. The van der Waals surface area contributed by atoms with Crippen molar-refractivity contribution in [2.24, 2.45) is 7.05 Å². The van der Waals surface area contributed by atoms with Crippen molar-refractivity contribution >= 4 is 5.91 Å². The fourth-order valence-electron chi connectivity index (χ4n) is 1.84. The Morgan fingerprint density at radius 3 is 2.74 bits per heavy atom. The lowest BCUT2D eigenvalue weighted by Crippen LogP contribution is -2.31. The minimum absolute atomic E-state index is 0.349. The maximum absolute atomic E-state index is 11.4. The Hall–Kier alpha value is -2.14. The van der Waals surface area contributed by atoms with E-state index in [0.29, 0.717) is 6.54 Å². The molecule has 1 atom stereocenters. The van der Waals surface area contributed by atoms with Gasteiger partial charge < -0.3 is 10.4 Å². The topological polar surface area (TPSA) is 67.2 Å². The van der Waals surface area contributed by atoms with Gasteiger partial charge in [-0.25, -0.2) is 0 Å². The number of nitrogens with one attached hydrogen (secondary N) is 1. The van der Waals surface area contributed by atoms with Gasteiger partial charge in [0.1, 0.15) is 6.10 Å². The normalized spacial score (nSPS) is 12.2. The van der Waals surface area contributed by atoms with Crippen LogP contribution in [0.25, 0.3) is 11.3 Å². The maximum Gasteiger partial charge on any atom is 0.248 e. The first-order chi connectivity index (χ1) is 9.08. The smallest absolute Gasteiger partial charge is 0.248 e. The molecule has 0 fully saturated rings. The molecule has 1 heterocycles. The maximum atomic E-state index is 11.4. The van der Waals surface area contributed by atoms with Crippen LogP contribution in [-0.4, -0.2) is 26.9 Å². The number of amides is 1. The third-order valence-electron chi connectivity index (χ3n) is 2.78. The molecular formula is C14H17N3O2. The Kier molecular flexibility index (Phi) is 3.97. The summed E-state index contributed by atoms with van der Waals surface area (Å²) >= 11 is 0. The van der Waals surface area contributed by atoms with Gasteiger partial charge in [-0.3, -0.25) is 9.48 Å². The lowest BCUT2D eigenvalue weighted by molar-refractivity contribution is -0.128. The summed E-state index contributed by atoms with van der Waals surface area (Å²) < 4.78 is 1.71. The highest BCUT2D eigenvalue weighted by molar-refractivity contribution is 5.80. The Bertz CT molecular complexity index is 561. The van der Waals surface area contributed by atoms with Gasteiger partial charge in [0, 0.05) is 30.9 Å². The summed E-state index contributed by atoms with van der Waals surface area (Å²) in [5.41, 5.74) is 2.76. The molecule has 100 valence electrons. The fraction of sp³-hybridized carbons (Fsp3) is 0.286. The molecule has 2 aromatic rings. The summed E-state index contributed by atoms with van der Waals surface area (Å²) in [5, 5.41) is 16.2. The van der Waals surface area contributed by atoms with Crippen LogP contribution in [0.2, 0.25) is 0 Å². The number of nitrogens with zero attached hydrogens (tertiary/aromatic N) is 2. The summed E-state index contributed by atoms with van der Waals surface area (Å²) in [4.78, 5) is 11.4. The van der Waals surface area contributed by atoms with E-state index in [0.717, 1.165) is 16.8 Å². The van der Waals surface area contributed by atoms with Crippen LogP contribution in [0.1, 0.15) is 12.5 Å². The van der Waals surface area contributed by atoms with Gasteiger partial charge in [0.15, 0.2) is 0 Å². The van der Waals surface area contributed by atoms with Crippen molar-refractivity contribution in [1.29, 1.82) is 0 Å². The largest absolute Gasteiger partial charge is 0.384 e. The molecule has 0 spiro atoms. The molecule has 5 heteroatoms. The van der Waals surface area contributed by atoms with Crippen LogP contribution in [-0.2, 0) is 18.4 Å². The number of benzene rings is 1. The predicted octanol–water partition coefficient (Wildman–Crippen LogP) is 1.08. The number of aryl methyl sites for hydroxylation is 1. The Morgan fingerprint density at radius 2 is 2.11 bits per heavy atom. The number of hydrogen-bond acceptors (Lipinski definition) is 3. The van der Waals surface area contributed by atoms with Crippen LogP contribution in [0.5, 0.6) is 0 Å². The van der Waals surface area contributed by atoms with Crippen LogP contribution in [0.3, 0.4) is 0 Å². The highest BCUT2D eigenvalue weighted by Gasteiger charge is 2.13. The first-order valence-electron chi connectivity index (χ1n) is 6.11. The molecule has 0 aliphatic heterocycles. The molecule has 1 aromatic heterocycles. The van der Waals surface area contributed by atoms with Crippen molar-refractivity contribution < 1.29 is 9.90 Å². The van der Waals surface area contributed by atoms with Crippen LogP contribution >= 0.6 is 0 Å². The third-order valence-corrected chi connectivity index (χ3v) is 2.78. The highest BCUT2D eigenvalue weighted by Crippen LogP contribution is 2.21. The van der Waals surface area contributed by atoms with E-state index in [1.54, 1.807) is 4.68 Å². The second kappa shape index (κ2) is 5.67. The van der Waals surface area contributed by atoms with Crippen molar-refractivity contribution in [3.05, 3.63) is 42.1 Å². The molecule has 0 aliphatic carbocycles. The van der Waals surface area contributed by atoms with Gasteiger partial charge in [-0.15, -0.1) is 0 Å². The zero-order valence-corrected chi connectivity index (χ0v) is 11.0. The number of aliphatic hydroxyl groups is 1. The molecule has 0 saturated heterocycles. The second-order valence-corrected chi connectivity index (χ2v) is 4.44. The van der Waals surface area contributed by atoms with Crippen LogP contribution in [0.15, 0.2) is 36.5 Å². The minimum Gasteiger partial charge on any atom is -0.384 e. The minimum atomic E-state index is -1.00. The molecule has 0 radical (unpaired) electrons. The summed E-state index contributed by atoms with van der Waals surface area (Å²) in [6.45, 7) is 1.79. The Morgan fingerprint density at radius 1 is 1.42 bits per heavy atom. The second-order valence-electron chi connectivity index (χ2n) is 4.44. The van der Waals surface area contributed by atoms with Crippen LogP contribution in [0.4, 0.5) is 0 Å². The zero-order chi connectivity index (χ0) is 13.8. The molecule has 2 rings (SSSR count). The van der Waals surface area contributed by atoms with E-state index in [1.165, 1.54) is 6.92 Å². The number of aromatic nitrogens is 2. The van der Waals surface area contributed by atoms with Gasteiger partial charge in [-0.2, -0.15) is 5.10 Å². The standard InChI is InChI=1S/C14H17N3O2/c1-10(18)14(19)15-8-12-9-17(2)16-13(12)11-6-4-3-5-7-11/h3-7,9-10,18H,8H2,1-2H3,(H,15,19)/t10-/m0/s1. The Labute approximate surface area is 111 Å². The lowest BCUT2D eigenvalue weighted by atomic mass is 10.1. The number of carbonyl (C=O) groups is 1. The molecule has 1 aromatic carbocycles. The SMILES string of the molecule is C[C@H](O)C(=O)NCc1cn(C)nc1-c1ccccc1. The molecule has 0 bridgehead atoms. The van der Waals surface area contributed by atoms with E-state index < -0.39 is 6.10 Å². The van der Waals surface area contributed by atoms with E-state index >= 15 is 0 Å². The average molecular weight is 259 g/mol. The van der Waals surface area contributed by atoms with E-state index in [4.69, 9.17) is 5.11 Å². The van der Waals surface area contributed by atoms with E-state index in [-0.39, 0.29) is 5.91 Å². The highest BCUT2D eigenvalue weighted by atomic mass is 16.3. The van der Waals surface area contributed by atoms with Crippen molar-refractivity contribution in [2.75, 3.05) is 0 Å². The molecule has 5 nitrogen and oxygen atoms in total. The number of aliphatic hydroxyl groups excluding tert-OH is 1. The van der Waals surface area contributed by atoms with Gasteiger partial charge in [0.05, 0.1) is 5.69 Å². The van der Waals surface area contributed by atoms with Gasteiger partial charge in [0.25, 0.3) is 0 Å². The monoisotopic (exact) mass is 259 g/mol. The van der Waals surface area contributed by atoms with Crippen molar-refractivity contribution in [3.63, 3.8) is 0 Å². The van der Waals surface area contributed by atoms with E-state index in [1.807, 2.05) is 43.6 Å². The third kappa shape index (κ3) is 3.20. The lowest BCUT2D eigenvalue weighted by Gasteiger charge is -2.07. The zero-order valence-electron chi connectivity index (χ0n) is 11.0.